The molecule has 0 aromatic heterocycles. The van der Waals surface area contributed by atoms with Gasteiger partial charge in [0.25, 0.3) is 11.8 Å². The van der Waals surface area contributed by atoms with Crippen molar-refractivity contribution in [1.82, 2.24) is 10.6 Å². The Labute approximate surface area is 198 Å². The zero-order valence-electron chi connectivity index (χ0n) is 18.3. The summed E-state index contributed by atoms with van der Waals surface area (Å²) in [6.45, 7) is 1.84. The van der Waals surface area contributed by atoms with Crippen LogP contribution in [0.3, 0.4) is 0 Å². The van der Waals surface area contributed by atoms with Crippen molar-refractivity contribution in [1.29, 1.82) is 0 Å². The maximum absolute atomic E-state index is 13.0. The summed E-state index contributed by atoms with van der Waals surface area (Å²) in [6.07, 6.45) is 3.04. The average Bonchev–Trinajstić information content (AvgIpc) is 2.82. The van der Waals surface area contributed by atoms with Crippen molar-refractivity contribution >= 4 is 23.4 Å². The predicted molar refractivity (Wildman–Crippen MR) is 126 cm³/mol. The Hall–Kier alpha value is -2.71. The number of ether oxygens (including phenoxy) is 2. The molecule has 2 aromatic rings. The van der Waals surface area contributed by atoms with E-state index in [1.54, 1.807) is 36.4 Å². The molecule has 8 heteroatoms. The first-order valence-corrected chi connectivity index (χ1v) is 11.3. The number of amides is 2. The second-order valence-electron chi connectivity index (χ2n) is 7.68. The Morgan fingerprint density at radius 2 is 1.88 bits per heavy atom. The van der Waals surface area contributed by atoms with Crippen LogP contribution < -0.4 is 10.6 Å². The number of carbonyl (C=O) groups excluding carboxylic acids is 2. The Bertz CT molecular complexity index is 948. The molecule has 0 saturated heterocycles. The minimum atomic E-state index is -1.42. The fourth-order valence-corrected chi connectivity index (χ4v) is 3.54. The van der Waals surface area contributed by atoms with Gasteiger partial charge in [-0.3, -0.25) is 9.59 Å². The summed E-state index contributed by atoms with van der Waals surface area (Å²) in [4.78, 5) is 25.6. The summed E-state index contributed by atoms with van der Waals surface area (Å²) in [7, 11) is 0. The molecule has 0 spiro atoms. The fraction of sp³-hybridized carbons (Fsp3) is 0.360. The minimum absolute atomic E-state index is 0.265. The molecule has 3 N–H and O–H groups in total. The number of rotatable bonds is 5. The van der Waals surface area contributed by atoms with Crippen molar-refractivity contribution in [2.24, 2.45) is 0 Å². The SMILES string of the molecule is O=C1N[C@H](C(O)C(=O)NCCc2ccc(Cl)cc2)C/C=C/COCCOCc2ccccc21. The van der Waals surface area contributed by atoms with E-state index >= 15 is 0 Å². The van der Waals surface area contributed by atoms with Crippen molar-refractivity contribution in [3.05, 3.63) is 82.4 Å². The summed E-state index contributed by atoms with van der Waals surface area (Å²) in [5.41, 5.74) is 2.19. The Balaban J connectivity index is 1.65. The van der Waals surface area contributed by atoms with Gasteiger partial charge in [0.1, 0.15) is 0 Å². The average molecular weight is 473 g/mol. The van der Waals surface area contributed by atoms with Crippen molar-refractivity contribution in [3.8, 4) is 0 Å². The van der Waals surface area contributed by atoms with E-state index in [-0.39, 0.29) is 18.9 Å². The van der Waals surface area contributed by atoms with Crippen molar-refractivity contribution in [2.75, 3.05) is 26.4 Å². The second kappa shape index (κ2) is 13.1. The van der Waals surface area contributed by atoms with E-state index in [0.717, 1.165) is 11.1 Å². The monoisotopic (exact) mass is 472 g/mol. The maximum atomic E-state index is 13.0. The molecule has 1 aliphatic rings. The van der Waals surface area contributed by atoms with Gasteiger partial charge in [-0.2, -0.15) is 0 Å². The van der Waals surface area contributed by atoms with Crippen LogP contribution in [-0.2, 0) is 27.3 Å². The number of aliphatic hydroxyl groups excluding tert-OH is 1. The normalized spacial score (nSPS) is 19.5. The van der Waals surface area contributed by atoms with Gasteiger partial charge in [0.05, 0.1) is 32.5 Å². The third-order valence-corrected chi connectivity index (χ3v) is 5.51. The molecule has 2 amide bonds. The number of aliphatic hydroxyl groups is 1. The molecule has 0 fully saturated rings. The molecule has 3 rings (SSSR count). The van der Waals surface area contributed by atoms with Gasteiger partial charge in [-0.15, -0.1) is 0 Å². The van der Waals surface area contributed by atoms with Crippen LogP contribution in [0.25, 0.3) is 0 Å². The van der Waals surface area contributed by atoms with Gasteiger partial charge in [0.2, 0.25) is 0 Å². The van der Waals surface area contributed by atoms with E-state index in [2.05, 4.69) is 10.6 Å². The summed E-state index contributed by atoms with van der Waals surface area (Å²) in [5, 5.41) is 16.9. The van der Waals surface area contributed by atoms with Gasteiger partial charge in [0.15, 0.2) is 6.10 Å². The number of benzene rings is 2. The van der Waals surface area contributed by atoms with Gasteiger partial charge in [-0.25, -0.2) is 0 Å². The van der Waals surface area contributed by atoms with Crippen LogP contribution in [0.2, 0.25) is 5.02 Å². The molecule has 2 atom stereocenters. The Morgan fingerprint density at radius 1 is 1.12 bits per heavy atom. The highest BCUT2D eigenvalue weighted by Crippen LogP contribution is 2.13. The fourth-order valence-electron chi connectivity index (χ4n) is 3.41. The molecule has 0 bridgehead atoms. The molecule has 176 valence electrons. The molecule has 33 heavy (non-hydrogen) atoms. The lowest BCUT2D eigenvalue weighted by molar-refractivity contribution is -0.130. The quantitative estimate of drug-likeness (QED) is 0.581. The number of hydrogen-bond donors (Lipinski definition) is 3. The van der Waals surface area contributed by atoms with Gasteiger partial charge < -0.3 is 25.2 Å². The standard InChI is InChI=1S/C25H29ClN2O5/c26-20-10-8-18(9-11-20)12-13-27-25(31)23(29)22-7-3-4-14-32-15-16-33-17-19-5-1-2-6-21(19)24(30)28-22/h1-6,8-11,22-23,29H,7,12-17H2,(H,27,31)(H,28,30)/b4-3+/t22-,23?/m0/s1. The minimum Gasteiger partial charge on any atom is -0.381 e. The van der Waals surface area contributed by atoms with E-state index in [4.69, 9.17) is 21.1 Å². The van der Waals surface area contributed by atoms with E-state index in [9.17, 15) is 14.7 Å². The van der Waals surface area contributed by atoms with Crippen molar-refractivity contribution in [2.45, 2.75) is 31.6 Å². The van der Waals surface area contributed by atoms with Crippen LogP contribution >= 0.6 is 11.6 Å². The first-order chi connectivity index (χ1) is 16.0. The van der Waals surface area contributed by atoms with E-state index in [0.29, 0.717) is 43.4 Å². The lowest BCUT2D eigenvalue weighted by Gasteiger charge is -2.23. The number of nitrogens with one attached hydrogen (secondary N) is 2. The van der Waals surface area contributed by atoms with E-state index in [1.807, 2.05) is 24.3 Å². The predicted octanol–water partition coefficient (Wildman–Crippen LogP) is 2.65. The first-order valence-electron chi connectivity index (χ1n) is 10.9. The van der Waals surface area contributed by atoms with E-state index in [1.165, 1.54) is 0 Å². The van der Waals surface area contributed by atoms with Gasteiger partial charge in [-0.1, -0.05) is 54.1 Å². The van der Waals surface area contributed by atoms with Crippen molar-refractivity contribution < 1.29 is 24.2 Å². The second-order valence-corrected chi connectivity index (χ2v) is 8.12. The van der Waals surface area contributed by atoms with Crippen LogP contribution in [0.4, 0.5) is 0 Å². The topological polar surface area (TPSA) is 96.9 Å². The zero-order chi connectivity index (χ0) is 23.5. The molecular formula is C25H29ClN2O5. The number of hydrogen-bond acceptors (Lipinski definition) is 5. The first kappa shape index (κ1) is 24.9. The molecule has 2 aromatic carbocycles. The number of halogens is 1. The highest BCUT2D eigenvalue weighted by Gasteiger charge is 2.27. The highest BCUT2D eigenvalue weighted by atomic mass is 35.5. The smallest absolute Gasteiger partial charge is 0.251 e. The Morgan fingerprint density at radius 3 is 2.70 bits per heavy atom. The molecule has 1 aliphatic heterocycles. The maximum Gasteiger partial charge on any atom is 0.251 e. The molecular weight excluding hydrogens is 444 g/mol. The molecule has 0 radical (unpaired) electrons. The summed E-state index contributed by atoms with van der Waals surface area (Å²) >= 11 is 5.89. The van der Waals surface area contributed by atoms with Gasteiger partial charge in [-0.05, 0) is 42.2 Å². The summed E-state index contributed by atoms with van der Waals surface area (Å²) in [5.74, 6) is -0.912. The lowest BCUT2D eigenvalue weighted by Crippen LogP contribution is -2.50. The van der Waals surface area contributed by atoms with Crippen LogP contribution in [0.5, 0.6) is 0 Å². The summed E-state index contributed by atoms with van der Waals surface area (Å²) < 4.78 is 11.1. The van der Waals surface area contributed by atoms with Gasteiger partial charge in [0, 0.05) is 17.1 Å². The van der Waals surface area contributed by atoms with Crippen molar-refractivity contribution in [3.63, 3.8) is 0 Å². The van der Waals surface area contributed by atoms with E-state index < -0.39 is 18.1 Å². The Kier molecular flexibility index (Phi) is 9.90. The lowest BCUT2D eigenvalue weighted by atomic mass is 10.0. The van der Waals surface area contributed by atoms with Crippen LogP contribution in [0, 0.1) is 0 Å². The molecule has 1 unspecified atom stereocenters. The molecule has 0 saturated carbocycles. The third kappa shape index (κ3) is 7.98. The van der Waals surface area contributed by atoms with Gasteiger partial charge >= 0.3 is 0 Å². The largest absolute Gasteiger partial charge is 0.381 e. The third-order valence-electron chi connectivity index (χ3n) is 5.25. The molecule has 1 heterocycles. The molecule has 7 nitrogen and oxygen atoms in total. The van der Waals surface area contributed by atoms with Crippen LogP contribution in [-0.4, -0.2) is 55.4 Å². The van der Waals surface area contributed by atoms with Crippen LogP contribution in [0.15, 0.2) is 60.7 Å². The highest BCUT2D eigenvalue weighted by molar-refractivity contribution is 6.30. The number of carbonyl (C=O) groups is 2. The van der Waals surface area contributed by atoms with Crippen LogP contribution in [0.1, 0.15) is 27.9 Å². The summed E-state index contributed by atoms with van der Waals surface area (Å²) in [6, 6.07) is 13.7. The number of fused-ring (bicyclic) bond motifs is 1. The zero-order valence-corrected chi connectivity index (χ0v) is 19.1. The molecule has 0 aliphatic carbocycles.